The molecule has 0 saturated carbocycles. The Bertz CT molecular complexity index is 517. The molecule has 6 nitrogen and oxygen atoms in total. The Hall–Kier alpha value is -2.08. The van der Waals surface area contributed by atoms with Crippen molar-refractivity contribution in [3.63, 3.8) is 0 Å². The number of carboxylic acids is 1. The summed E-state index contributed by atoms with van der Waals surface area (Å²) in [5.74, 6) is -0.484. The van der Waals surface area contributed by atoms with Crippen LogP contribution in [0.3, 0.4) is 0 Å². The molecule has 1 amide bonds. The Kier molecular flexibility index (Phi) is 5.16. The third-order valence-electron chi connectivity index (χ3n) is 3.21. The van der Waals surface area contributed by atoms with Crippen molar-refractivity contribution in [3.8, 4) is 5.75 Å². The topological polar surface area (TPSA) is 76.1 Å². The summed E-state index contributed by atoms with van der Waals surface area (Å²) >= 11 is 0. The van der Waals surface area contributed by atoms with Gasteiger partial charge in [-0.1, -0.05) is 12.1 Å². The number of morpholine rings is 1. The number of carbonyl (C=O) groups is 2. The molecule has 0 aliphatic carbocycles. The van der Waals surface area contributed by atoms with E-state index < -0.39 is 5.97 Å². The van der Waals surface area contributed by atoms with Gasteiger partial charge in [0.2, 0.25) is 0 Å². The zero-order valence-corrected chi connectivity index (χ0v) is 11.9. The molecule has 1 aromatic rings. The van der Waals surface area contributed by atoms with E-state index in [1.54, 1.807) is 29.2 Å². The smallest absolute Gasteiger partial charge is 0.307 e. The quantitative estimate of drug-likeness (QED) is 0.874. The van der Waals surface area contributed by atoms with Gasteiger partial charge in [0.15, 0.2) is 6.61 Å². The van der Waals surface area contributed by atoms with Crippen LogP contribution in [0, 0.1) is 0 Å². The predicted molar refractivity (Wildman–Crippen MR) is 75.3 cm³/mol. The molecule has 6 heteroatoms. The van der Waals surface area contributed by atoms with Gasteiger partial charge in [0.05, 0.1) is 19.1 Å². The molecule has 1 heterocycles. The van der Waals surface area contributed by atoms with Gasteiger partial charge in [-0.3, -0.25) is 9.59 Å². The first-order valence-corrected chi connectivity index (χ1v) is 6.87. The van der Waals surface area contributed by atoms with Gasteiger partial charge >= 0.3 is 5.97 Å². The summed E-state index contributed by atoms with van der Waals surface area (Å²) in [6.07, 6.45) is -0.0202. The van der Waals surface area contributed by atoms with Gasteiger partial charge in [-0.2, -0.15) is 0 Å². The average Bonchev–Trinajstić information content (AvgIpc) is 2.44. The molecule has 1 aliphatic rings. The summed E-state index contributed by atoms with van der Waals surface area (Å²) in [5.41, 5.74) is 0.646. The minimum absolute atomic E-state index is 0.0431. The van der Waals surface area contributed by atoms with Gasteiger partial charge in [-0.05, 0) is 24.6 Å². The molecule has 1 unspecified atom stereocenters. The second-order valence-electron chi connectivity index (χ2n) is 5.03. The summed E-state index contributed by atoms with van der Waals surface area (Å²) in [7, 11) is 0. The van der Waals surface area contributed by atoms with Crippen LogP contribution in [0.1, 0.15) is 12.5 Å². The van der Waals surface area contributed by atoms with Gasteiger partial charge in [0.1, 0.15) is 5.75 Å². The zero-order valence-electron chi connectivity index (χ0n) is 11.9. The molecule has 1 aliphatic heterocycles. The second-order valence-corrected chi connectivity index (χ2v) is 5.03. The molecule has 21 heavy (non-hydrogen) atoms. The molecule has 0 bridgehead atoms. The van der Waals surface area contributed by atoms with Crippen LogP contribution in [0.4, 0.5) is 0 Å². The minimum Gasteiger partial charge on any atom is -0.484 e. The molecule has 1 atom stereocenters. The van der Waals surface area contributed by atoms with Crippen molar-refractivity contribution in [1.29, 1.82) is 0 Å². The van der Waals surface area contributed by atoms with Crippen LogP contribution in [-0.2, 0) is 20.7 Å². The lowest BCUT2D eigenvalue weighted by Crippen LogP contribution is -2.46. The summed E-state index contributed by atoms with van der Waals surface area (Å²) in [6, 6.07) is 6.78. The lowest BCUT2D eigenvalue weighted by atomic mass is 10.1. The molecule has 0 aromatic heterocycles. The molecule has 1 saturated heterocycles. The molecule has 114 valence electrons. The SMILES string of the molecule is CC1CN(C(=O)COc2cccc(CC(=O)O)c2)CCO1. The molecule has 2 rings (SSSR count). The Morgan fingerprint density at radius 1 is 1.48 bits per heavy atom. The van der Waals surface area contributed by atoms with Crippen molar-refractivity contribution in [1.82, 2.24) is 4.90 Å². The fourth-order valence-electron chi connectivity index (χ4n) is 2.20. The highest BCUT2D eigenvalue weighted by Gasteiger charge is 2.21. The van der Waals surface area contributed by atoms with E-state index in [9.17, 15) is 9.59 Å². The highest BCUT2D eigenvalue weighted by Crippen LogP contribution is 2.14. The fraction of sp³-hybridized carbons (Fsp3) is 0.467. The predicted octanol–water partition coefficient (Wildman–Crippen LogP) is 0.940. The first kappa shape index (κ1) is 15.3. The molecular weight excluding hydrogens is 274 g/mol. The Morgan fingerprint density at radius 3 is 3.00 bits per heavy atom. The van der Waals surface area contributed by atoms with Crippen LogP contribution in [0.5, 0.6) is 5.75 Å². The maximum atomic E-state index is 12.0. The number of hydrogen-bond donors (Lipinski definition) is 1. The summed E-state index contributed by atoms with van der Waals surface area (Å²) in [6.45, 7) is 3.56. The van der Waals surface area contributed by atoms with Gasteiger partial charge < -0.3 is 19.5 Å². The van der Waals surface area contributed by atoms with E-state index in [0.29, 0.717) is 31.0 Å². The van der Waals surface area contributed by atoms with Crippen molar-refractivity contribution in [3.05, 3.63) is 29.8 Å². The number of carboxylic acid groups (broad SMARTS) is 1. The van der Waals surface area contributed by atoms with E-state index in [1.807, 2.05) is 6.92 Å². The number of nitrogens with zero attached hydrogens (tertiary/aromatic N) is 1. The maximum Gasteiger partial charge on any atom is 0.307 e. The monoisotopic (exact) mass is 293 g/mol. The molecule has 0 spiro atoms. The normalized spacial score (nSPS) is 18.3. The van der Waals surface area contributed by atoms with Crippen molar-refractivity contribution in [2.24, 2.45) is 0 Å². The Balaban J connectivity index is 1.87. The number of aliphatic carboxylic acids is 1. The van der Waals surface area contributed by atoms with E-state index >= 15 is 0 Å². The molecule has 1 fully saturated rings. The van der Waals surface area contributed by atoms with E-state index in [1.165, 1.54) is 0 Å². The van der Waals surface area contributed by atoms with E-state index in [4.69, 9.17) is 14.6 Å². The summed E-state index contributed by atoms with van der Waals surface area (Å²) < 4.78 is 10.8. The standard InChI is InChI=1S/C15H19NO5/c1-11-9-16(5-6-20-11)14(17)10-21-13-4-2-3-12(7-13)8-15(18)19/h2-4,7,11H,5-6,8-10H2,1H3,(H,18,19). The molecule has 1 N–H and O–H groups in total. The first-order chi connectivity index (χ1) is 10.0. The van der Waals surface area contributed by atoms with E-state index in [2.05, 4.69) is 0 Å². The fourth-order valence-corrected chi connectivity index (χ4v) is 2.20. The molecule has 0 radical (unpaired) electrons. The van der Waals surface area contributed by atoms with Crippen molar-refractivity contribution in [2.45, 2.75) is 19.4 Å². The van der Waals surface area contributed by atoms with Crippen LogP contribution in [0.2, 0.25) is 0 Å². The highest BCUT2D eigenvalue weighted by molar-refractivity contribution is 5.78. The van der Waals surface area contributed by atoms with Gasteiger partial charge in [-0.25, -0.2) is 0 Å². The number of carbonyl (C=O) groups excluding carboxylic acids is 1. The number of ether oxygens (including phenoxy) is 2. The highest BCUT2D eigenvalue weighted by atomic mass is 16.5. The third-order valence-corrected chi connectivity index (χ3v) is 3.21. The number of hydrogen-bond acceptors (Lipinski definition) is 4. The van der Waals surface area contributed by atoms with Crippen molar-refractivity contribution in [2.75, 3.05) is 26.3 Å². The Morgan fingerprint density at radius 2 is 2.29 bits per heavy atom. The van der Waals surface area contributed by atoms with Gasteiger partial charge in [-0.15, -0.1) is 0 Å². The average molecular weight is 293 g/mol. The van der Waals surface area contributed by atoms with Crippen LogP contribution in [-0.4, -0.2) is 54.3 Å². The largest absolute Gasteiger partial charge is 0.484 e. The lowest BCUT2D eigenvalue weighted by Gasteiger charge is -2.31. The zero-order chi connectivity index (χ0) is 15.2. The number of rotatable bonds is 5. The number of benzene rings is 1. The van der Waals surface area contributed by atoms with Crippen LogP contribution in [0.15, 0.2) is 24.3 Å². The maximum absolute atomic E-state index is 12.0. The first-order valence-electron chi connectivity index (χ1n) is 6.87. The number of amides is 1. The van der Waals surface area contributed by atoms with Crippen LogP contribution < -0.4 is 4.74 Å². The van der Waals surface area contributed by atoms with Crippen molar-refractivity contribution >= 4 is 11.9 Å². The van der Waals surface area contributed by atoms with E-state index in [-0.39, 0.29) is 25.0 Å². The van der Waals surface area contributed by atoms with Gasteiger partial charge in [0.25, 0.3) is 5.91 Å². The third kappa shape index (κ3) is 4.75. The van der Waals surface area contributed by atoms with E-state index in [0.717, 1.165) is 0 Å². The van der Waals surface area contributed by atoms with Gasteiger partial charge in [0, 0.05) is 13.1 Å². The molecule has 1 aromatic carbocycles. The van der Waals surface area contributed by atoms with Crippen LogP contribution >= 0.6 is 0 Å². The van der Waals surface area contributed by atoms with Crippen LogP contribution in [0.25, 0.3) is 0 Å². The summed E-state index contributed by atoms with van der Waals surface area (Å²) in [5, 5.41) is 8.76. The second kappa shape index (κ2) is 7.08. The lowest BCUT2D eigenvalue weighted by molar-refractivity contribution is -0.140. The minimum atomic E-state index is -0.898. The van der Waals surface area contributed by atoms with Crippen molar-refractivity contribution < 1.29 is 24.2 Å². The Labute approximate surface area is 123 Å². The molecular formula is C15H19NO5. The summed E-state index contributed by atoms with van der Waals surface area (Å²) in [4.78, 5) is 24.4.